The Bertz CT molecular complexity index is 1390. The lowest BCUT2D eigenvalue weighted by Gasteiger charge is -2.10. The van der Waals surface area contributed by atoms with E-state index in [0.717, 1.165) is 31.9 Å². The lowest BCUT2D eigenvalue weighted by Crippen LogP contribution is -2.00. The van der Waals surface area contributed by atoms with Crippen molar-refractivity contribution in [3.05, 3.63) is 112 Å². The third kappa shape index (κ3) is 4.88. The topological polar surface area (TPSA) is 70.3 Å². The number of hydrogen-bond acceptors (Lipinski definition) is 3. The number of benzene rings is 4. The van der Waals surface area contributed by atoms with E-state index in [0.29, 0.717) is 11.3 Å². The zero-order valence-corrected chi connectivity index (χ0v) is 18.5. The fourth-order valence-electron chi connectivity index (χ4n) is 3.38. The Morgan fingerprint density at radius 1 is 0.938 bits per heavy atom. The molecule has 0 aliphatic rings. The van der Waals surface area contributed by atoms with Crippen LogP contribution in [0.3, 0.4) is 0 Å². The minimum Gasteiger partial charge on any atom is -0.488 e. The molecule has 4 aromatic carbocycles. The number of aromatic carboxylic acids is 1. The van der Waals surface area contributed by atoms with E-state index >= 15 is 0 Å². The van der Waals surface area contributed by atoms with Gasteiger partial charge in [0.2, 0.25) is 0 Å². The van der Waals surface area contributed by atoms with Gasteiger partial charge in [-0.3, -0.25) is 0 Å². The van der Waals surface area contributed by atoms with Crippen LogP contribution >= 0.6 is 15.9 Å². The van der Waals surface area contributed by atoms with Gasteiger partial charge in [0.15, 0.2) is 0 Å². The molecule has 0 bridgehead atoms. The van der Waals surface area contributed by atoms with E-state index in [4.69, 9.17) is 9.84 Å². The molecule has 0 aromatic heterocycles. The van der Waals surface area contributed by atoms with Gasteiger partial charge in [-0.2, -0.15) is 5.26 Å². The van der Waals surface area contributed by atoms with Crippen molar-refractivity contribution in [3.8, 4) is 11.8 Å². The molecule has 0 unspecified atom stereocenters. The Labute approximate surface area is 194 Å². The van der Waals surface area contributed by atoms with Gasteiger partial charge in [-0.25, -0.2) is 4.79 Å². The maximum atomic E-state index is 11.1. The normalized spacial score (nSPS) is 11.2. The van der Waals surface area contributed by atoms with E-state index in [1.165, 1.54) is 0 Å². The Hall–Kier alpha value is -3.88. The highest BCUT2D eigenvalue weighted by atomic mass is 79.9. The number of fused-ring (bicyclic) bond motifs is 1. The molecule has 1 N–H and O–H groups in total. The van der Waals surface area contributed by atoms with E-state index in [9.17, 15) is 10.1 Å². The number of nitrogens with zero attached hydrogens (tertiary/aromatic N) is 1. The van der Waals surface area contributed by atoms with Crippen LogP contribution in [0.15, 0.2) is 89.4 Å². The number of allylic oxidation sites excluding steroid dienone is 1. The predicted octanol–water partition coefficient (Wildman–Crippen LogP) is 6.94. The number of carboxylic acid groups (broad SMARTS) is 1. The third-order valence-corrected chi connectivity index (χ3v) is 5.64. The van der Waals surface area contributed by atoms with Gasteiger partial charge in [-0.15, -0.1) is 0 Å². The second kappa shape index (κ2) is 9.51. The molecule has 0 fully saturated rings. The van der Waals surface area contributed by atoms with Gasteiger partial charge >= 0.3 is 5.97 Å². The second-order valence-electron chi connectivity index (χ2n) is 7.22. The van der Waals surface area contributed by atoms with Crippen molar-refractivity contribution in [2.24, 2.45) is 0 Å². The average molecular weight is 484 g/mol. The van der Waals surface area contributed by atoms with Crippen molar-refractivity contribution in [3.63, 3.8) is 0 Å². The van der Waals surface area contributed by atoms with Gasteiger partial charge in [-0.05, 0) is 79.8 Å². The fraction of sp³-hybridized carbons (Fsp3) is 0.0370. The first-order valence-electron chi connectivity index (χ1n) is 9.89. The zero-order valence-electron chi connectivity index (χ0n) is 17.0. The van der Waals surface area contributed by atoms with Crippen LogP contribution in [-0.4, -0.2) is 11.1 Å². The van der Waals surface area contributed by atoms with Gasteiger partial charge < -0.3 is 9.84 Å². The van der Waals surface area contributed by atoms with E-state index in [1.54, 1.807) is 18.2 Å². The third-order valence-electron chi connectivity index (χ3n) is 5.02. The standard InChI is InChI=1S/C27H18BrNO3/c28-25-14-18(8-11-26(25)32-17-19-4-3-7-23(13-19)27(30)31)12-24(16-29)22-10-9-20-5-1-2-6-21(20)15-22/h1-15H,17H2,(H,30,31)/b24-12-. The summed E-state index contributed by atoms with van der Waals surface area (Å²) in [6.07, 6.45) is 1.84. The Morgan fingerprint density at radius 3 is 2.50 bits per heavy atom. The van der Waals surface area contributed by atoms with Crippen LogP contribution in [0.1, 0.15) is 27.0 Å². The molecule has 156 valence electrons. The number of carbonyl (C=O) groups is 1. The molecule has 0 aliphatic heterocycles. The van der Waals surface area contributed by atoms with Gasteiger partial charge in [0.1, 0.15) is 12.4 Å². The first kappa shape index (κ1) is 21.4. The molecule has 0 saturated carbocycles. The summed E-state index contributed by atoms with van der Waals surface area (Å²) in [6, 6.07) is 28.6. The van der Waals surface area contributed by atoms with Crippen LogP contribution < -0.4 is 4.74 Å². The summed E-state index contributed by atoms with van der Waals surface area (Å²) in [5.74, 6) is -0.337. The van der Waals surface area contributed by atoms with E-state index in [-0.39, 0.29) is 12.2 Å². The maximum Gasteiger partial charge on any atom is 0.335 e. The van der Waals surface area contributed by atoms with Crippen LogP contribution in [0.2, 0.25) is 0 Å². The van der Waals surface area contributed by atoms with Crippen molar-refractivity contribution in [2.75, 3.05) is 0 Å². The van der Waals surface area contributed by atoms with Crippen LogP contribution in [0.25, 0.3) is 22.4 Å². The highest BCUT2D eigenvalue weighted by molar-refractivity contribution is 9.10. The highest BCUT2D eigenvalue weighted by Gasteiger charge is 2.08. The van der Waals surface area contributed by atoms with Crippen molar-refractivity contribution >= 4 is 44.3 Å². The van der Waals surface area contributed by atoms with Gasteiger partial charge in [0, 0.05) is 0 Å². The fourth-order valence-corrected chi connectivity index (χ4v) is 3.89. The lowest BCUT2D eigenvalue weighted by molar-refractivity contribution is 0.0696. The van der Waals surface area contributed by atoms with E-state index < -0.39 is 5.97 Å². The summed E-state index contributed by atoms with van der Waals surface area (Å²) in [6.45, 7) is 0.245. The van der Waals surface area contributed by atoms with Crippen LogP contribution in [0, 0.1) is 11.3 Å². The Balaban J connectivity index is 1.54. The second-order valence-corrected chi connectivity index (χ2v) is 8.07. The van der Waals surface area contributed by atoms with E-state index in [2.05, 4.69) is 22.0 Å². The molecule has 32 heavy (non-hydrogen) atoms. The first-order valence-corrected chi connectivity index (χ1v) is 10.7. The molecule has 0 aliphatic carbocycles. The molecule has 0 saturated heterocycles. The smallest absolute Gasteiger partial charge is 0.335 e. The van der Waals surface area contributed by atoms with Crippen molar-refractivity contribution in [1.82, 2.24) is 0 Å². The SMILES string of the molecule is N#C/C(=C/c1ccc(OCc2cccc(C(=O)O)c2)c(Br)c1)c1ccc2ccccc2c1. The van der Waals surface area contributed by atoms with Crippen molar-refractivity contribution < 1.29 is 14.6 Å². The first-order chi connectivity index (χ1) is 15.5. The molecule has 4 rings (SSSR count). The number of ether oxygens (including phenoxy) is 1. The van der Waals surface area contributed by atoms with Gasteiger partial charge in [-0.1, -0.05) is 54.6 Å². The number of nitriles is 1. The molecule has 0 atom stereocenters. The lowest BCUT2D eigenvalue weighted by atomic mass is 10.0. The minimum absolute atomic E-state index is 0.225. The summed E-state index contributed by atoms with van der Waals surface area (Å²) < 4.78 is 6.60. The number of carboxylic acids is 1. The maximum absolute atomic E-state index is 11.1. The summed E-state index contributed by atoms with van der Waals surface area (Å²) in [5.41, 5.74) is 3.29. The molecule has 0 amide bonds. The van der Waals surface area contributed by atoms with Crippen LogP contribution in [0.4, 0.5) is 0 Å². The summed E-state index contributed by atoms with van der Waals surface area (Å²) >= 11 is 3.53. The molecule has 0 heterocycles. The zero-order chi connectivity index (χ0) is 22.5. The molecular formula is C27H18BrNO3. The summed E-state index contributed by atoms with van der Waals surface area (Å²) in [7, 11) is 0. The molecule has 0 spiro atoms. The average Bonchev–Trinajstić information content (AvgIpc) is 2.82. The molecular weight excluding hydrogens is 466 g/mol. The van der Waals surface area contributed by atoms with Crippen molar-refractivity contribution in [2.45, 2.75) is 6.61 Å². The number of rotatable bonds is 6. The van der Waals surface area contributed by atoms with E-state index in [1.807, 2.05) is 72.8 Å². The molecule has 4 aromatic rings. The number of halogens is 1. The Morgan fingerprint density at radius 2 is 1.75 bits per heavy atom. The number of hydrogen-bond donors (Lipinski definition) is 1. The summed E-state index contributed by atoms with van der Waals surface area (Å²) in [5, 5.41) is 21.0. The summed E-state index contributed by atoms with van der Waals surface area (Å²) in [4.78, 5) is 11.1. The molecule has 0 radical (unpaired) electrons. The van der Waals surface area contributed by atoms with Crippen LogP contribution in [0.5, 0.6) is 5.75 Å². The van der Waals surface area contributed by atoms with Crippen LogP contribution in [-0.2, 0) is 6.61 Å². The molecule has 4 nitrogen and oxygen atoms in total. The van der Waals surface area contributed by atoms with Gasteiger partial charge in [0.05, 0.1) is 21.7 Å². The van der Waals surface area contributed by atoms with Gasteiger partial charge in [0.25, 0.3) is 0 Å². The van der Waals surface area contributed by atoms with Crippen molar-refractivity contribution in [1.29, 1.82) is 5.26 Å². The monoisotopic (exact) mass is 483 g/mol. The minimum atomic E-state index is -0.969. The quantitative estimate of drug-likeness (QED) is 0.238. The Kier molecular flexibility index (Phi) is 6.34. The molecule has 5 heteroatoms. The largest absolute Gasteiger partial charge is 0.488 e. The predicted molar refractivity (Wildman–Crippen MR) is 129 cm³/mol. The highest BCUT2D eigenvalue weighted by Crippen LogP contribution is 2.29.